The quantitative estimate of drug-likeness (QED) is 0.692. The molecule has 1 saturated carbocycles. The fourth-order valence-electron chi connectivity index (χ4n) is 1.83. The van der Waals surface area contributed by atoms with Crippen molar-refractivity contribution in [3.8, 4) is 0 Å². The molecule has 1 fully saturated rings. The molecule has 1 N–H and O–H groups in total. The molecule has 15 heavy (non-hydrogen) atoms. The van der Waals surface area contributed by atoms with E-state index in [1.54, 1.807) is 0 Å². The summed E-state index contributed by atoms with van der Waals surface area (Å²) in [4.78, 5) is 0. The second-order valence-electron chi connectivity index (χ2n) is 4.56. The highest BCUT2D eigenvalue weighted by atomic mass is 15.2. The van der Waals surface area contributed by atoms with Gasteiger partial charge in [0.05, 0.1) is 6.20 Å². The van der Waals surface area contributed by atoms with Crippen molar-refractivity contribution in [1.82, 2.24) is 15.1 Å². The smallest absolute Gasteiger partial charge is 0.0521 e. The Balaban J connectivity index is 1.47. The Bertz CT molecular complexity index is 289. The van der Waals surface area contributed by atoms with Crippen molar-refractivity contribution >= 4 is 0 Å². The Morgan fingerprint density at radius 3 is 2.93 bits per heavy atom. The lowest BCUT2D eigenvalue weighted by Crippen LogP contribution is -2.17. The standard InChI is InChI=1S/C12H21N3/c1-15-10-11(9-14-15)5-3-2-4-8-13-12-6-7-12/h9-10,12-13H,2-8H2,1H3. The fourth-order valence-corrected chi connectivity index (χ4v) is 1.83. The molecule has 0 bridgehead atoms. The average molecular weight is 207 g/mol. The van der Waals surface area contributed by atoms with Gasteiger partial charge < -0.3 is 5.32 Å². The largest absolute Gasteiger partial charge is 0.314 e. The van der Waals surface area contributed by atoms with Crippen molar-refractivity contribution in [1.29, 1.82) is 0 Å². The van der Waals surface area contributed by atoms with E-state index in [2.05, 4.69) is 16.6 Å². The predicted octanol–water partition coefficient (Wildman–Crippen LogP) is 1.88. The van der Waals surface area contributed by atoms with Crippen LogP contribution in [0.3, 0.4) is 0 Å². The van der Waals surface area contributed by atoms with Gasteiger partial charge in [-0.15, -0.1) is 0 Å². The van der Waals surface area contributed by atoms with E-state index in [9.17, 15) is 0 Å². The van der Waals surface area contributed by atoms with Gasteiger partial charge in [0.2, 0.25) is 0 Å². The molecule has 0 aromatic carbocycles. The van der Waals surface area contributed by atoms with Crippen LogP contribution in [-0.4, -0.2) is 22.4 Å². The van der Waals surface area contributed by atoms with Crippen LogP contribution in [-0.2, 0) is 13.5 Å². The molecule has 84 valence electrons. The lowest BCUT2D eigenvalue weighted by molar-refractivity contribution is 0.600. The molecule has 3 heteroatoms. The molecule has 0 amide bonds. The third-order valence-corrected chi connectivity index (χ3v) is 2.91. The van der Waals surface area contributed by atoms with Gasteiger partial charge in [-0.1, -0.05) is 6.42 Å². The van der Waals surface area contributed by atoms with E-state index >= 15 is 0 Å². The normalized spacial score (nSPS) is 15.8. The Labute approximate surface area is 91.9 Å². The number of nitrogens with one attached hydrogen (secondary N) is 1. The topological polar surface area (TPSA) is 29.9 Å². The van der Waals surface area contributed by atoms with Gasteiger partial charge in [-0.25, -0.2) is 0 Å². The number of hydrogen-bond donors (Lipinski definition) is 1. The zero-order valence-electron chi connectivity index (χ0n) is 9.58. The lowest BCUT2D eigenvalue weighted by atomic mass is 10.1. The van der Waals surface area contributed by atoms with E-state index in [-0.39, 0.29) is 0 Å². The minimum absolute atomic E-state index is 0.864. The summed E-state index contributed by atoms with van der Waals surface area (Å²) >= 11 is 0. The number of unbranched alkanes of at least 4 members (excludes halogenated alkanes) is 2. The van der Waals surface area contributed by atoms with Crippen LogP contribution >= 0.6 is 0 Å². The van der Waals surface area contributed by atoms with Gasteiger partial charge in [0.1, 0.15) is 0 Å². The van der Waals surface area contributed by atoms with Crippen LogP contribution in [0, 0.1) is 0 Å². The summed E-state index contributed by atoms with van der Waals surface area (Å²) in [5.41, 5.74) is 1.37. The molecule has 1 aromatic rings. The van der Waals surface area contributed by atoms with Gasteiger partial charge in [-0.3, -0.25) is 4.68 Å². The van der Waals surface area contributed by atoms with Crippen molar-refractivity contribution in [2.24, 2.45) is 7.05 Å². The first-order chi connectivity index (χ1) is 7.34. The summed E-state index contributed by atoms with van der Waals surface area (Å²) in [5, 5.41) is 7.71. The van der Waals surface area contributed by atoms with Crippen molar-refractivity contribution < 1.29 is 0 Å². The van der Waals surface area contributed by atoms with Crippen molar-refractivity contribution in [2.45, 2.75) is 44.6 Å². The average Bonchev–Trinajstić information content (AvgIpc) is 2.95. The van der Waals surface area contributed by atoms with Crippen molar-refractivity contribution in [3.63, 3.8) is 0 Å². The molecule has 0 radical (unpaired) electrons. The lowest BCUT2D eigenvalue weighted by Gasteiger charge is -2.01. The number of hydrogen-bond acceptors (Lipinski definition) is 2. The molecule has 0 saturated heterocycles. The highest BCUT2D eigenvalue weighted by Crippen LogP contribution is 2.18. The summed E-state index contributed by atoms with van der Waals surface area (Å²) in [6.07, 6.45) is 12.0. The molecular formula is C12H21N3. The van der Waals surface area contributed by atoms with E-state index in [0.29, 0.717) is 0 Å². The number of nitrogens with zero attached hydrogens (tertiary/aromatic N) is 2. The summed E-state index contributed by atoms with van der Waals surface area (Å²) in [6.45, 7) is 1.21. The third kappa shape index (κ3) is 4.04. The van der Waals surface area contributed by atoms with Gasteiger partial charge in [0.15, 0.2) is 0 Å². The molecule has 1 heterocycles. The fraction of sp³-hybridized carbons (Fsp3) is 0.750. The van der Waals surface area contributed by atoms with Crippen molar-refractivity contribution in [3.05, 3.63) is 18.0 Å². The van der Waals surface area contributed by atoms with Crippen molar-refractivity contribution in [2.75, 3.05) is 6.54 Å². The molecule has 0 unspecified atom stereocenters. The third-order valence-electron chi connectivity index (χ3n) is 2.91. The molecule has 0 aliphatic heterocycles. The summed E-state index contributed by atoms with van der Waals surface area (Å²) in [7, 11) is 1.98. The van der Waals surface area contributed by atoms with E-state index in [4.69, 9.17) is 0 Å². The molecule has 1 aromatic heterocycles. The Morgan fingerprint density at radius 2 is 2.27 bits per heavy atom. The van der Waals surface area contributed by atoms with Crippen LogP contribution in [0.2, 0.25) is 0 Å². The van der Waals surface area contributed by atoms with Gasteiger partial charge in [-0.05, 0) is 44.2 Å². The maximum absolute atomic E-state index is 4.17. The van der Waals surface area contributed by atoms with Crippen LogP contribution < -0.4 is 5.32 Å². The molecule has 0 atom stereocenters. The first kappa shape index (κ1) is 10.7. The second kappa shape index (κ2) is 5.31. The number of aryl methyl sites for hydroxylation is 2. The van der Waals surface area contributed by atoms with E-state index < -0.39 is 0 Å². The number of rotatable bonds is 7. The zero-order chi connectivity index (χ0) is 10.5. The maximum atomic E-state index is 4.17. The van der Waals surface area contributed by atoms with E-state index in [0.717, 1.165) is 6.04 Å². The molecule has 1 aliphatic rings. The van der Waals surface area contributed by atoms with Crippen LogP contribution in [0.4, 0.5) is 0 Å². The zero-order valence-corrected chi connectivity index (χ0v) is 9.58. The van der Waals surface area contributed by atoms with Gasteiger partial charge >= 0.3 is 0 Å². The van der Waals surface area contributed by atoms with Gasteiger partial charge in [0, 0.05) is 19.3 Å². The summed E-state index contributed by atoms with van der Waals surface area (Å²) < 4.78 is 1.88. The van der Waals surface area contributed by atoms with Crippen LogP contribution in [0.15, 0.2) is 12.4 Å². The Hall–Kier alpha value is -0.830. The molecule has 0 spiro atoms. The monoisotopic (exact) mass is 207 g/mol. The first-order valence-corrected chi connectivity index (χ1v) is 6.05. The SMILES string of the molecule is Cn1cc(CCCCCNC2CC2)cn1. The Kier molecular flexibility index (Phi) is 3.78. The first-order valence-electron chi connectivity index (χ1n) is 6.05. The van der Waals surface area contributed by atoms with Gasteiger partial charge in [-0.2, -0.15) is 5.10 Å². The molecule has 3 nitrogen and oxygen atoms in total. The summed E-state index contributed by atoms with van der Waals surface area (Å²) in [5.74, 6) is 0. The second-order valence-corrected chi connectivity index (χ2v) is 4.56. The van der Waals surface area contributed by atoms with Crippen LogP contribution in [0.5, 0.6) is 0 Å². The highest BCUT2D eigenvalue weighted by Gasteiger charge is 2.19. The minimum atomic E-state index is 0.864. The van der Waals surface area contributed by atoms with Crippen LogP contribution in [0.1, 0.15) is 37.7 Å². The van der Waals surface area contributed by atoms with Gasteiger partial charge in [0.25, 0.3) is 0 Å². The Morgan fingerprint density at radius 1 is 1.40 bits per heavy atom. The van der Waals surface area contributed by atoms with E-state index in [1.807, 2.05) is 17.9 Å². The molecular weight excluding hydrogens is 186 g/mol. The van der Waals surface area contributed by atoms with E-state index in [1.165, 1.54) is 50.6 Å². The van der Waals surface area contributed by atoms with Crippen LogP contribution in [0.25, 0.3) is 0 Å². The highest BCUT2D eigenvalue weighted by molar-refractivity contribution is 5.03. The summed E-state index contributed by atoms with van der Waals surface area (Å²) in [6, 6.07) is 0.864. The maximum Gasteiger partial charge on any atom is 0.0521 e. The molecule has 1 aliphatic carbocycles. The minimum Gasteiger partial charge on any atom is -0.314 e. The molecule has 2 rings (SSSR count). The number of aromatic nitrogens is 2. The predicted molar refractivity (Wildman–Crippen MR) is 61.8 cm³/mol.